The Hall–Kier alpha value is -1.38. The maximum absolute atomic E-state index is 12.6. The zero-order valence-electron chi connectivity index (χ0n) is 9.58. The molecule has 1 rings (SSSR count). The van der Waals surface area contributed by atoms with Crippen LogP contribution in [-0.4, -0.2) is 53.4 Å². The summed E-state index contributed by atoms with van der Waals surface area (Å²) >= 11 is 0. The number of carbonyl (C=O) groups excluding carboxylic acids is 1. The van der Waals surface area contributed by atoms with Gasteiger partial charge in [-0.15, -0.1) is 0 Å². The Morgan fingerprint density at radius 1 is 1.44 bits per heavy atom. The van der Waals surface area contributed by atoms with Gasteiger partial charge in [-0.1, -0.05) is 0 Å². The van der Waals surface area contributed by atoms with Gasteiger partial charge in [-0.2, -0.15) is 13.2 Å². The Labute approximate surface area is 101 Å². The summed E-state index contributed by atoms with van der Waals surface area (Å²) in [5.41, 5.74) is 5.35. The number of alkyl halides is 4. The van der Waals surface area contributed by atoms with E-state index in [1.54, 1.807) is 6.92 Å². The van der Waals surface area contributed by atoms with Gasteiger partial charge < -0.3 is 15.7 Å². The van der Waals surface area contributed by atoms with Crippen LogP contribution in [0.3, 0.4) is 0 Å². The van der Waals surface area contributed by atoms with Crippen LogP contribution in [0, 0.1) is 0 Å². The van der Waals surface area contributed by atoms with E-state index in [1.807, 2.05) is 0 Å². The third-order valence-corrected chi connectivity index (χ3v) is 2.07. The standard InChI is InChI=1S/C7H13FN2O.C2HF3O2/c1-5(9)7(11)10-3-2-6(8)4-10;3-2(4,5)1(6)7/h5-6H,2-4,9H2,1H3;(H,6,7)/t5-,6+;/m1./s1. The van der Waals surface area contributed by atoms with E-state index >= 15 is 0 Å². The summed E-state index contributed by atoms with van der Waals surface area (Å²) in [6.45, 7) is 2.36. The number of carboxylic acid groups (broad SMARTS) is 1. The zero-order valence-corrected chi connectivity index (χ0v) is 9.58. The van der Waals surface area contributed by atoms with Crippen molar-refractivity contribution in [2.75, 3.05) is 13.1 Å². The van der Waals surface area contributed by atoms with Gasteiger partial charge in [0.2, 0.25) is 5.91 Å². The molecule has 0 aromatic rings. The van der Waals surface area contributed by atoms with E-state index in [-0.39, 0.29) is 12.5 Å². The van der Waals surface area contributed by atoms with Gasteiger partial charge in [0.25, 0.3) is 0 Å². The molecule has 2 atom stereocenters. The summed E-state index contributed by atoms with van der Waals surface area (Å²) in [5.74, 6) is -2.90. The summed E-state index contributed by atoms with van der Waals surface area (Å²) in [4.78, 5) is 21.5. The number of nitrogens with two attached hydrogens (primary N) is 1. The second-order valence-electron chi connectivity index (χ2n) is 3.76. The molecule has 0 saturated carbocycles. The van der Waals surface area contributed by atoms with Crippen molar-refractivity contribution in [1.29, 1.82) is 0 Å². The number of likely N-dealkylation sites (tertiary alicyclic amines) is 1. The molecule has 1 aliphatic heterocycles. The van der Waals surface area contributed by atoms with Crippen molar-refractivity contribution in [3.63, 3.8) is 0 Å². The van der Waals surface area contributed by atoms with Crippen LogP contribution >= 0.6 is 0 Å². The van der Waals surface area contributed by atoms with Crippen molar-refractivity contribution in [3.8, 4) is 0 Å². The number of aliphatic carboxylic acids is 1. The molecule has 0 spiro atoms. The van der Waals surface area contributed by atoms with Crippen molar-refractivity contribution in [1.82, 2.24) is 4.90 Å². The SMILES string of the molecule is C[C@@H](N)C(=O)N1CC[C@H](F)C1.O=C(O)C(F)(F)F. The van der Waals surface area contributed by atoms with Crippen LogP contribution < -0.4 is 5.73 Å². The lowest BCUT2D eigenvalue weighted by molar-refractivity contribution is -0.192. The molecular weight excluding hydrogens is 260 g/mol. The van der Waals surface area contributed by atoms with E-state index in [4.69, 9.17) is 15.6 Å². The first-order valence-corrected chi connectivity index (χ1v) is 5.04. The number of carboxylic acids is 1. The molecule has 1 fully saturated rings. The van der Waals surface area contributed by atoms with Crippen molar-refractivity contribution >= 4 is 11.9 Å². The highest BCUT2D eigenvalue weighted by Crippen LogP contribution is 2.13. The molecule has 3 N–H and O–H groups in total. The van der Waals surface area contributed by atoms with Crippen molar-refractivity contribution in [3.05, 3.63) is 0 Å². The molecule has 0 unspecified atom stereocenters. The molecule has 1 amide bonds. The number of carbonyl (C=O) groups is 2. The zero-order chi connectivity index (χ0) is 14.5. The van der Waals surface area contributed by atoms with E-state index in [0.29, 0.717) is 13.0 Å². The summed E-state index contributed by atoms with van der Waals surface area (Å²) < 4.78 is 44.3. The quantitative estimate of drug-likeness (QED) is 0.683. The smallest absolute Gasteiger partial charge is 0.475 e. The Bertz CT molecular complexity index is 307. The van der Waals surface area contributed by atoms with Crippen LogP contribution in [-0.2, 0) is 9.59 Å². The third-order valence-electron chi connectivity index (χ3n) is 2.07. The highest BCUT2D eigenvalue weighted by molar-refractivity contribution is 5.81. The first-order valence-electron chi connectivity index (χ1n) is 5.04. The minimum absolute atomic E-state index is 0.148. The molecule has 5 nitrogen and oxygen atoms in total. The van der Waals surface area contributed by atoms with E-state index in [2.05, 4.69) is 0 Å². The molecule has 1 aliphatic rings. The summed E-state index contributed by atoms with van der Waals surface area (Å²) in [6, 6.07) is -0.500. The minimum atomic E-state index is -5.08. The largest absolute Gasteiger partial charge is 0.490 e. The lowest BCUT2D eigenvalue weighted by Crippen LogP contribution is -2.40. The predicted molar refractivity (Wildman–Crippen MR) is 53.4 cm³/mol. The van der Waals surface area contributed by atoms with Crippen molar-refractivity contribution in [2.45, 2.75) is 31.7 Å². The first-order chi connectivity index (χ1) is 8.05. The molecule has 1 saturated heterocycles. The molecule has 0 aliphatic carbocycles. The Morgan fingerprint density at radius 3 is 2.11 bits per heavy atom. The maximum Gasteiger partial charge on any atom is 0.490 e. The highest BCUT2D eigenvalue weighted by Gasteiger charge is 2.38. The summed E-state index contributed by atoms with van der Waals surface area (Å²) in [5, 5.41) is 7.12. The molecule has 0 aromatic carbocycles. The maximum atomic E-state index is 12.6. The first kappa shape index (κ1) is 16.6. The fourth-order valence-corrected chi connectivity index (χ4v) is 1.21. The van der Waals surface area contributed by atoms with E-state index in [9.17, 15) is 22.4 Å². The predicted octanol–water partition coefficient (Wildman–Crippen LogP) is 0.537. The van der Waals surface area contributed by atoms with E-state index < -0.39 is 24.4 Å². The summed E-state index contributed by atoms with van der Waals surface area (Å²) in [7, 11) is 0. The average Bonchev–Trinajstić information content (AvgIpc) is 2.63. The van der Waals surface area contributed by atoms with Gasteiger partial charge in [0.05, 0.1) is 12.6 Å². The Kier molecular flexibility index (Phi) is 6.02. The van der Waals surface area contributed by atoms with Gasteiger partial charge >= 0.3 is 12.1 Å². The van der Waals surface area contributed by atoms with Crippen LogP contribution in [0.25, 0.3) is 0 Å². The average molecular weight is 274 g/mol. The normalized spacial score (nSPS) is 21.0. The number of nitrogens with zero attached hydrogens (tertiary/aromatic N) is 1. The molecule has 18 heavy (non-hydrogen) atoms. The van der Waals surface area contributed by atoms with Crippen LogP contribution in [0.5, 0.6) is 0 Å². The number of hydrogen-bond donors (Lipinski definition) is 2. The molecule has 0 radical (unpaired) electrons. The summed E-state index contributed by atoms with van der Waals surface area (Å²) in [6.07, 6.45) is -5.48. The molecule has 0 bridgehead atoms. The number of amides is 1. The second kappa shape index (κ2) is 6.53. The fraction of sp³-hybridized carbons (Fsp3) is 0.778. The molecule has 106 valence electrons. The Morgan fingerprint density at radius 2 is 1.89 bits per heavy atom. The topological polar surface area (TPSA) is 83.6 Å². The fourth-order valence-electron chi connectivity index (χ4n) is 1.21. The van der Waals surface area contributed by atoms with Gasteiger partial charge in [0.1, 0.15) is 6.17 Å². The Balaban J connectivity index is 0.000000360. The second-order valence-corrected chi connectivity index (χ2v) is 3.76. The molecule has 0 aromatic heterocycles. The lowest BCUT2D eigenvalue weighted by Gasteiger charge is -2.16. The molecule has 9 heteroatoms. The monoisotopic (exact) mass is 274 g/mol. The van der Waals surface area contributed by atoms with Gasteiger partial charge in [-0.25, -0.2) is 9.18 Å². The van der Waals surface area contributed by atoms with Crippen LogP contribution in [0.4, 0.5) is 17.6 Å². The van der Waals surface area contributed by atoms with Gasteiger partial charge in [-0.3, -0.25) is 4.79 Å². The van der Waals surface area contributed by atoms with Crippen molar-refractivity contribution < 1.29 is 32.3 Å². The van der Waals surface area contributed by atoms with Gasteiger partial charge in [0, 0.05) is 6.54 Å². The van der Waals surface area contributed by atoms with Crippen LogP contribution in [0.2, 0.25) is 0 Å². The molecular formula is C9H14F4N2O3. The van der Waals surface area contributed by atoms with Gasteiger partial charge in [0.15, 0.2) is 0 Å². The number of hydrogen-bond acceptors (Lipinski definition) is 3. The van der Waals surface area contributed by atoms with Crippen molar-refractivity contribution in [2.24, 2.45) is 5.73 Å². The van der Waals surface area contributed by atoms with E-state index in [0.717, 1.165) is 0 Å². The van der Waals surface area contributed by atoms with E-state index in [1.165, 1.54) is 4.90 Å². The van der Waals surface area contributed by atoms with Crippen LogP contribution in [0.15, 0.2) is 0 Å². The highest BCUT2D eigenvalue weighted by atomic mass is 19.4. The lowest BCUT2D eigenvalue weighted by atomic mass is 10.3. The minimum Gasteiger partial charge on any atom is -0.475 e. The number of halogens is 4. The number of rotatable bonds is 1. The van der Waals surface area contributed by atoms with Gasteiger partial charge in [-0.05, 0) is 13.3 Å². The third kappa shape index (κ3) is 5.80. The van der Waals surface area contributed by atoms with Crippen LogP contribution in [0.1, 0.15) is 13.3 Å². The molecule has 1 heterocycles.